The average molecular weight is 509 g/mol. The molecule has 0 aliphatic carbocycles. The van der Waals surface area contributed by atoms with Crippen LogP contribution in [0.2, 0.25) is 0 Å². The number of nitrogens with zero attached hydrogens (tertiary/aromatic N) is 4. The number of halogens is 1. The molecule has 1 saturated heterocycles. The standard InChI is InChI=1S/C24H24FN7O5/c1-12(2)31-6-5-15(24(31)36)30-23(35)18-8-17(29-21-14(25)10-27-32(18)21)22(34)26-9-13-3-4-19-16(7-13)28-20(33)11-37-19/h3-4,7-8,10,12,15H,5-6,9,11H2,1-2H3,(H,26,34)(H,28,33)(H,30,35)/t15-/m0/s1. The summed E-state index contributed by atoms with van der Waals surface area (Å²) < 4.78 is 20.7. The van der Waals surface area contributed by atoms with Crippen LogP contribution in [-0.2, 0) is 16.1 Å². The highest BCUT2D eigenvalue weighted by Crippen LogP contribution is 2.28. The van der Waals surface area contributed by atoms with Crippen molar-refractivity contribution < 1.29 is 28.3 Å². The summed E-state index contributed by atoms with van der Waals surface area (Å²) in [5.41, 5.74) is 0.520. The molecule has 0 unspecified atom stereocenters. The van der Waals surface area contributed by atoms with E-state index < -0.39 is 23.7 Å². The van der Waals surface area contributed by atoms with Gasteiger partial charge in [-0.2, -0.15) is 5.10 Å². The molecule has 0 saturated carbocycles. The minimum atomic E-state index is -0.808. The van der Waals surface area contributed by atoms with Crippen molar-refractivity contribution in [3.05, 3.63) is 53.2 Å². The highest BCUT2D eigenvalue weighted by atomic mass is 19.1. The van der Waals surface area contributed by atoms with Gasteiger partial charge in [-0.25, -0.2) is 13.9 Å². The third-order valence-electron chi connectivity index (χ3n) is 6.19. The molecule has 5 rings (SSSR count). The number of fused-ring (bicyclic) bond motifs is 2. The van der Waals surface area contributed by atoms with Crippen molar-refractivity contribution in [2.24, 2.45) is 0 Å². The van der Waals surface area contributed by atoms with E-state index in [0.29, 0.717) is 30.0 Å². The summed E-state index contributed by atoms with van der Waals surface area (Å²) >= 11 is 0. The molecule has 1 fully saturated rings. The van der Waals surface area contributed by atoms with Crippen LogP contribution in [0.5, 0.6) is 5.75 Å². The van der Waals surface area contributed by atoms with Gasteiger partial charge in [0.1, 0.15) is 23.2 Å². The molecule has 0 bridgehead atoms. The Labute approximate surface area is 210 Å². The highest BCUT2D eigenvalue weighted by Gasteiger charge is 2.35. The molecule has 2 aliphatic heterocycles. The fraction of sp³-hybridized carbons (Fsp3) is 0.333. The van der Waals surface area contributed by atoms with Gasteiger partial charge >= 0.3 is 0 Å². The number of anilines is 1. The lowest BCUT2D eigenvalue weighted by atomic mass is 10.1. The summed E-state index contributed by atoms with van der Waals surface area (Å²) in [4.78, 5) is 55.9. The maximum atomic E-state index is 14.4. The summed E-state index contributed by atoms with van der Waals surface area (Å²) in [7, 11) is 0. The first-order chi connectivity index (χ1) is 17.7. The summed E-state index contributed by atoms with van der Waals surface area (Å²) in [5, 5.41) is 11.9. The second-order valence-electron chi connectivity index (χ2n) is 9.04. The van der Waals surface area contributed by atoms with Gasteiger partial charge in [-0.05, 0) is 38.0 Å². The zero-order valence-electron chi connectivity index (χ0n) is 20.1. The Kier molecular flexibility index (Phi) is 6.19. The number of ether oxygens (including phenoxy) is 1. The number of amides is 4. The lowest BCUT2D eigenvalue weighted by Crippen LogP contribution is -2.43. The Bertz CT molecular complexity index is 1440. The van der Waals surface area contributed by atoms with Gasteiger partial charge in [-0.3, -0.25) is 19.2 Å². The second kappa shape index (κ2) is 9.48. The van der Waals surface area contributed by atoms with Gasteiger partial charge in [0, 0.05) is 25.2 Å². The van der Waals surface area contributed by atoms with Gasteiger partial charge in [0.2, 0.25) is 5.91 Å². The van der Waals surface area contributed by atoms with Crippen molar-refractivity contribution in [2.75, 3.05) is 18.5 Å². The van der Waals surface area contributed by atoms with E-state index in [1.807, 2.05) is 13.8 Å². The molecule has 1 atom stereocenters. The summed E-state index contributed by atoms with van der Waals surface area (Å²) in [6.07, 6.45) is 1.33. The number of carbonyl (C=O) groups excluding carboxylic acids is 4. The Hall–Kier alpha value is -4.55. The normalized spacial score (nSPS) is 17.0. The van der Waals surface area contributed by atoms with Crippen molar-refractivity contribution in [1.29, 1.82) is 0 Å². The number of rotatable bonds is 6. The van der Waals surface area contributed by atoms with Crippen LogP contribution < -0.4 is 20.7 Å². The van der Waals surface area contributed by atoms with Gasteiger partial charge in [0.05, 0.1) is 11.9 Å². The smallest absolute Gasteiger partial charge is 0.270 e. The Morgan fingerprint density at radius 2 is 2.05 bits per heavy atom. The van der Waals surface area contributed by atoms with Gasteiger partial charge in [-0.15, -0.1) is 0 Å². The highest BCUT2D eigenvalue weighted by molar-refractivity contribution is 6.00. The molecule has 2 aromatic heterocycles. The molecule has 1 aromatic carbocycles. The Morgan fingerprint density at radius 3 is 2.81 bits per heavy atom. The fourth-order valence-corrected chi connectivity index (χ4v) is 4.31. The topological polar surface area (TPSA) is 147 Å². The molecular formula is C24H24FN7O5. The van der Waals surface area contributed by atoms with Crippen LogP contribution in [0, 0.1) is 5.82 Å². The molecule has 12 nitrogen and oxygen atoms in total. The van der Waals surface area contributed by atoms with Gasteiger partial charge in [0.15, 0.2) is 18.1 Å². The van der Waals surface area contributed by atoms with Crippen LogP contribution in [0.25, 0.3) is 5.65 Å². The molecule has 0 spiro atoms. The van der Waals surface area contributed by atoms with Crippen LogP contribution in [0.4, 0.5) is 10.1 Å². The number of carbonyl (C=O) groups is 4. The van der Waals surface area contributed by atoms with Crippen molar-refractivity contribution in [2.45, 2.75) is 38.9 Å². The van der Waals surface area contributed by atoms with Crippen molar-refractivity contribution in [3.8, 4) is 5.75 Å². The van der Waals surface area contributed by atoms with E-state index in [0.717, 1.165) is 10.7 Å². The zero-order valence-corrected chi connectivity index (χ0v) is 20.1. The van der Waals surface area contributed by atoms with Crippen molar-refractivity contribution in [1.82, 2.24) is 30.1 Å². The fourth-order valence-electron chi connectivity index (χ4n) is 4.31. The molecule has 4 amide bonds. The Morgan fingerprint density at radius 1 is 1.24 bits per heavy atom. The molecule has 37 heavy (non-hydrogen) atoms. The van der Waals surface area contributed by atoms with E-state index in [2.05, 4.69) is 26.0 Å². The van der Waals surface area contributed by atoms with Crippen LogP contribution in [0.15, 0.2) is 30.5 Å². The van der Waals surface area contributed by atoms with E-state index >= 15 is 0 Å². The first-order valence-electron chi connectivity index (χ1n) is 11.7. The number of aromatic nitrogens is 3. The number of nitrogens with one attached hydrogen (secondary N) is 3. The van der Waals surface area contributed by atoms with Gasteiger partial charge in [0.25, 0.3) is 17.7 Å². The maximum Gasteiger partial charge on any atom is 0.270 e. The van der Waals surface area contributed by atoms with Crippen molar-refractivity contribution >= 4 is 35.0 Å². The van der Waals surface area contributed by atoms with Crippen LogP contribution >= 0.6 is 0 Å². The summed E-state index contributed by atoms with van der Waals surface area (Å²) in [6, 6.07) is 5.53. The minimum Gasteiger partial charge on any atom is -0.482 e. The molecule has 192 valence electrons. The Balaban J connectivity index is 1.35. The number of likely N-dealkylation sites (tertiary alicyclic amines) is 1. The molecule has 0 radical (unpaired) electrons. The monoisotopic (exact) mass is 509 g/mol. The van der Waals surface area contributed by atoms with E-state index in [1.165, 1.54) is 6.07 Å². The average Bonchev–Trinajstić information content (AvgIpc) is 3.43. The maximum absolute atomic E-state index is 14.4. The molecule has 3 N–H and O–H groups in total. The molecule has 3 aromatic rings. The molecule has 4 heterocycles. The lowest BCUT2D eigenvalue weighted by Gasteiger charge is -2.21. The van der Waals surface area contributed by atoms with Crippen LogP contribution in [0.3, 0.4) is 0 Å². The van der Waals surface area contributed by atoms with E-state index in [-0.39, 0.29) is 48.0 Å². The quantitative estimate of drug-likeness (QED) is 0.447. The third kappa shape index (κ3) is 4.67. The predicted molar refractivity (Wildman–Crippen MR) is 127 cm³/mol. The first-order valence-corrected chi connectivity index (χ1v) is 11.7. The lowest BCUT2D eigenvalue weighted by molar-refractivity contribution is -0.130. The van der Waals surface area contributed by atoms with Crippen LogP contribution in [-0.4, -0.2) is 68.4 Å². The van der Waals surface area contributed by atoms with Crippen molar-refractivity contribution in [3.63, 3.8) is 0 Å². The minimum absolute atomic E-state index is 0.00328. The van der Waals surface area contributed by atoms with E-state index in [9.17, 15) is 23.6 Å². The van der Waals surface area contributed by atoms with Gasteiger partial charge in [-0.1, -0.05) is 6.07 Å². The largest absolute Gasteiger partial charge is 0.482 e. The van der Waals surface area contributed by atoms with E-state index in [4.69, 9.17) is 4.74 Å². The predicted octanol–water partition coefficient (Wildman–Crippen LogP) is 0.868. The number of benzene rings is 1. The van der Waals surface area contributed by atoms with E-state index in [1.54, 1.807) is 23.1 Å². The molecule has 13 heteroatoms. The summed E-state index contributed by atoms with van der Waals surface area (Å²) in [6.45, 7) is 4.29. The SMILES string of the molecule is CC(C)N1CC[C@H](NC(=O)c2cc(C(=O)NCc3ccc4c(c3)NC(=O)CO4)nc3c(F)cnn23)C1=O. The van der Waals surface area contributed by atoms with Crippen LogP contribution in [0.1, 0.15) is 46.8 Å². The zero-order chi connectivity index (χ0) is 26.3. The first kappa shape index (κ1) is 24.2. The number of hydrogen-bond donors (Lipinski definition) is 3. The molecular weight excluding hydrogens is 485 g/mol. The second-order valence-corrected chi connectivity index (χ2v) is 9.04. The van der Waals surface area contributed by atoms with Gasteiger partial charge < -0.3 is 25.6 Å². The summed E-state index contributed by atoms with van der Waals surface area (Å²) in [5.74, 6) is -2.11. The third-order valence-corrected chi connectivity index (χ3v) is 6.19. The number of hydrogen-bond acceptors (Lipinski definition) is 7. The molecule has 2 aliphatic rings.